The van der Waals surface area contributed by atoms with Gasteiger partial charge in [0.15, 0.2) is 5.79 Å². The fraction of sp³-hybridized carbons (Fsp3) is 0.625. The van der Waals surface area contributed by atoms with Crippen LogP contribution >= 0.6 is 0 Å². The molecule has 22 heavy (non-hydrogen) atoms. The molecule has 1 aromatic carbocycles. The predicted molar refractivity (Wildman–Crippen MR) is 73.0 cm³/mol. The van der Waals surface area contributed by atoms with Crippen molar-refractivity contribution in [3.8, 4) is 0 Å². The van der Waals surface area contributed by atoms with Crippen molar-refractivity contribution < 1.29 is 27.8 Å². The van der Waals surface area contributed by atoms with Gasteiger partial charge in [-0.1, -0.05) is 18.6 Å². The van der Waals surface area contributed by atoms with Crippen molar-refractivity contribution in [2.45, 2.75) is 43.8 Å². The zero-order chi connectivity index (χ0) is 15.8. The van der Waals surface area contributed by atoms with Crippen LogP contribution in [0, 0.1) is 5.92 Å². The van der Waals surface area contributed by atoms with Crippen LogP contribution in [0.4, 0.5) is 13.2 Å². The summed E-state index contributed by atoms with van der Waals surface area (Å²) in [7, 11) is 0. The number of halogens is 3. The average molecular weight is 316 g/mol. The third-order valence-electron chi connectivity index (χ3n) is 4.59. The first-order chi connectivity index (χ1) is 10.4. The highest BCUT2D eigenvalue weighted by molar-refractivity contribution is 5.27. The standard InChI is InChI=1S/C16H19F3O3/c17-16(18,19)12-6-4-11(5-7-12)14(20)13-3-1-2-8-15(13)21-9-10-22-15/h4-7,13-14,20H,1-3,8-10H2/t13-,14-/m0/s1. The molecule has 6 heteroatoms. The van der Waals surface area contributed by atoms with Crippen molar-refractivity contribution in [1.82, 2.24) is 0 Å². The van der Waals surface area contributed by atoms with Crippen LogP contribution in [0.1, 0.15) is 42.9 Å². The zero-order valence-electron chi connectivity index (χ0n) is 12.1. The van der Waals surface area contributed by atoms with Crippen LogP contribution in [0.2, 0.25) is 0 Å². The molecule has 0 unspecified atom stereocenters. The molecule has 1 aromatic rings. The molecule has 3 rings (SSSR count). The molecule has 1 aliphatic carbocycles. The van der Waals surface area contributed by atoms with Crippen LogP contribution in [0.25, 0.3) is 0 Å². The molecule has 2 aliphatic rings. The Morgan fingerprint density at radius 2 is 1.73 bits per heavy atom. The van der Waals surface area contributed by atoms with Gasteiger partial charge < -0.3 is 14.6 Å². The van der Waals surface area contributed by atoms with Crippen molar-refractivity contribution >= 4 is 0 Å². The van der Waals surface area contributed by atoms with Crippen LogP contribution in [0.15, 0.2) is 24.3 Å². The normalized spacial score (nSPS) is 26.3. The van der Waals surface area contributed by atoms with Gasteiger partial charge in [0, 0.05) is 12.3 Å². The highest BCUT2D eigenvalue weighted by Crippen LogP contribution is 2.46. The van der Waals surface area contributed by atoms with E-state index >= 15 is 0 Å². The maximum absolute atomic E-state index is 12.6. The number of rotatable bonds is 2. The molecule has 2 fully saturated rings. The minimum atomic E-state index is -4.37. The lowest BCUT2D eigenvalue weighted by Gasteiger charge is -2.41. The number of hydrogen-bond acceptors (Lipinski definition) is 3. The smallest absolute Gasteiger partial charge is 0.388 e. The second kappa shape index (κ2) is 5.83. The van der Waals surface area contributed by atoms with Crippen molar-refractivity contribution in [2.24, 2.45) is 5.92 Å². The number of benzene rings is 1. The molecule has 1 saturated heterocycles. The van der Waals surface area contributed by atoms with Crippen LogP contribution in [0.5, 0.6) is 0 Å². The zero-order valence-corrected chi connectivity index (χ0v) is 12.1. The molecule has 122 valence electrons. The third-order valence-corrected chi connectivity index (χ3v) is 4.59. The number of aliphatic hydroxyl groups excluding tert-OH is 1. The summed E-state index contributed by atoms with van der Waals surface area (Å²) in [4.78, 5) is 0. The summed E-state index contributed by atoms with van der Waals surface area (Å²) >= 11 is 0. The molecule has 0 bridgehead atoms. The van der Waals surface area contributed by atoms with Gasteiger partial charge in [-0.05, 0) is 30.5 Å². The Morgan fingerprint density at radius 3 is 2.32 bits per heavy atom. The fourth-order valence-corrected chi connectivity index (χ4v) is 3.47. The Balaban J connectivity index is 1.81. The minimum absolute atomic E-state index is 0.250. The molecule has 1 N–H and O–H groups in total. The van der Waals surface area contributed by atoms with Gasteiger partial charge in [0.25, 0.3) is 0 Å². The Bertz CT molecular complexity index is 506. The van der Waals surface area contributed by atoms with Gasteiger partial charge in [0.05, 0.1) is 24.9 Å². The molecule has 1 saturated carbocycles. The number of aliphatic hydroxyl groups is 1. The van der Waals surface area contributed by atoms with E-state index in [-0.39, 0.29) is 5.92 Å². The van der Waals surface area contributed by atoms with Crippen molar-refractivity contribution in [3.63, 3.8) is 0 Å². The van der Waals surface area contributed by atoms with Gasteiger partial charge in [-0.2, -0.15) is 13.2 Å². The Hall–Kier alpha value is -1.11. The monoisotopic (exact) mass is 316 g/mol. The van der Waals surface area contributed by atoms with Crippen LogP contribution in [-0.4, -0.2) is 24.1 Å². The van der Waals surface area contributed by atoms with E-state index in [1.807, 2.05) is 0 Å². The van der Waals surface area contributed by atoms with Crippen LogP contribution in [0.3, 0.4) is 0 Å². The van der Waals surface area contributed by atoms with E-state index in [1.165, 1.54) is 12.1 Å². The molecule has 1 heterocycles. The van der Waals surface area contributed by atoms with Gasteiger partial charge in [0.1, 0.15) is 0 Å². The Morgan fingerprint density at radius 1 is 1.09 bits per heavy atom. The molecule has 1 aliphatic heterocycles. The number of alkyl halides is 3. The van der Waals surface area contributed by atoms with Crippen LogP contribution < -0.4 is 0 Å². The number of ether oxygens (including phenoxy) is 2. The molecular weight excluding hydrogens is 297 g/mol. The first-order valence-electron chi connectivity index (χ1n) is 7.55. The van der Waals surface area contributed by atoms with Crippen molar-refractivity contribution in [1.29, 1.82) is 0 Å². The van der Waals surface area contributed by atoms with Gasteiger partial charge in [-0.15, -0.1) is 0 Å². The molecule has 1 spiro atoms. The van der Waals surface area contributed by atoms with Crippen LogP contribution in [-0.2, 0) is 15.7 Å². The fourth-order valence-electron chi connectivity index (χ4n) is 3.47. The van der Waals surface area contributed by atoms with E-state index in [0.29, 0.717) is 18.8 Å². The lowest BCUT2D eigenvalue weighted by Crippen LogP contribution is -2.44. The minimum Gasteiger partial charge on any atom is -0.388 e. The largest absolute Gasteiger partial charge is 0.416 e. The topological polar surface area (TPSA) is 38.7 Å². The van der Waals surface area contributed by atoms with Gasteiger partial charge >= 0.3 is 6.18 Å². The van der Waals surface area contributed by atoms with E-state index in [0.717, 1.165) is 37.8 Å². The molecule has 0 aromatic heterocycles. The third kappa shape index (κ3) is 2.87. The quantitative estimate of drug-likeness (QED) is 0.905. The summed E-state index contributed by atoms with van der Waals surface area (Å²) in [6.45, 7) is 0.993. The molecule has 0 amide bonds. The molecule has 0 radical (unpaired) electrons. The van der Waals surface area contributed by atoms with Gasteiger partial charge in [0.2, 0.25) is 0 Å². The maximum atomic E-state index is 12.6. The summed E-state index contributed by atoms with van der Waals surface area (Å²) in [6.07, 6.45) is -1.88. The summed E-state index contributed by atoms with van der Waals surface area (Å²) in [5.74, 6) is -1.03. The van der Waals surface area contributed by atoms with E-state index in [2.05, 4.69) is 0 Å². The maximum Gasteiger partial charge on any atom is 0.416 e. The second-order valence-corrected chi connectivity index (χ2v) is 5.93. The number of hydrogen-bond donors (Lipinski definition) is 1. The van der Waals surface area contributed by atoms with Crippen molar-refractivity contribution in [3.05, 3.63) is 35.4 Å². The first kappa shape index (κ1) is 15.8. The predicted octanol–water partition coefficient (Wildman–Crippen LogP) is 3.67. The molecule has 3 nitrogen and oxygen atoms in total. The average Bonchev–Trinajstić information content (AvgIpc) is 2.95. The first-order valence-corrected chi connectivity index (χ1v) is 7.55. The van der Waals surface area contributed by atoms with E-state index in [9.17, 15) is 18.3 Å². The van der Waals surface area contributed by atoms with Gasteiger partial charge in [-0.25, -0.2) is 0 Å². The van der Waals surface area contributed by atoms with E-state index < -0.39 is 23.6 Å². The highest BCUT2D eigenvalue weighted by atomic mass is 19.4. The molecule has 2 atom stereocenters. The van der Waals surface area contributed by atoms with Crippen molar-refractivity contribution in [2.75, 3.05) is 13.2 Å². The van der Waals surface area contributed by atoms with E-state index in [4.69, 9.17) is 9.47 Å². The summed E-state index contributed by atoms with van der Waals surface area (Å²) < 4.78 is 49.3. The summed E-state index contributed by atoms with van der Waals surface area (Å²) in [5.41, 5.74) is -0.242. The van der Waals surface area contributed by atoms with E-state index in [1.54, 1.807) is 0 Å². The highest BCUT2D eigenvalue weighted by Gasteiger charge is 2.49. The molecular formula is C16H19F3O3. The van der Waals surface area contributed by atoms with Gasteiger partial charge in [-0.3, -0.25) is 0 Å². The Kier molecular flexibility index (Phi) is 4.18. The SMILES string of the molecule is O[C@@H](c1ccc(C(F)(F)F)cc1)[C@@H]1CCCCC12OCCO2. The summed E-state index contributed by atoms with van der Waals surface area (Å²) in [5, 5.41) is 10.6. The second-order valence-electron chi connectivity index (χ2n) is 5.93. The summed E-state index contributed by atoms with van der Waals surface area (Å²) in [6, 6.07) is 4.68. The lowest BCUT2D eigenvalue weighted by molar-refractivity contribution is -0.234. The Labute approximate surface area is 127 Å². The lowest BCUT2D eigenvalue weighted by atomic mass is 9.77.